The van der Waals surface area contributed by atoms with Gasteiger partial charge in [-0.3, -0.25) is 5.32 Å². The number of piperidine rings is 1. The maximum atomic E-state index is 12.9. The molecule has 1 aliphatic heterocycles. The summed E-state index contributed by atoms with van der Waals surface area (Å²) in [7, 11) is 2.03. The van der Waals surface area contributed by atoms with Gasteiger partial charge in [0.15, 0.2) is 0 Å². The SMILES string of the molecule is CN1CCC[C@@H](OC(=O)C(NCc2ccc(C(=O)O)s2)c2ccccc2)C1. The van der Waals surface area contributed by atoms with Crippen LogP contribution in [0.15, 0.2) is 42.5 Å². The Morgan fingerprint density at radius 1 is 1.30 bits per heavy atom. The van der Waals surface area contributed by atoms with E-state index in [9.17, 15) is 9.59 Å². The predicted octanol–water partition coefficient (Wildman–Crippen LogP) is 2.91. The fraction of sp³-hybridized carbons (Fsp3) is 0.400. The van der Waals surface area contributed by atoms with E-state index in [-0.39, 0.29) is 17.0 Å². The lowest BCUT2D eigenvalue weighted by molar-refractivity contribution is -0.154. The number of carbonyl (C=O) groups is 2. The summed E-state index contributed by atoms with van der Waals surface area (Å²) in [4.78, 5) is 27.2. The van der Waals surface area contributed by atoms with Crippen LogP contribution in [0.3, 0.4) is 0 Å². The van der Waals surface area contributed by atoms with Crippen molar-refractivity contribution in [2.45, 2.75) is 31.5 Å². The molecule has 144 valence electrons. The number of nitrogens with zero attached hydrogens (tertiary/aromatic N) is 1. The quantitative estimate of drug-likeness (QED) is 0.710. The van der Waals surface area contributed by atoms with E-state index in [2.05, 4.69) is 10.2 Å². The fourth-order valence-electron chi connectivity index (χ4n) is 3.22. The molecule has 6 nitrogen and oxygen atoms in total. The standard InChI is InChI=1S/C20H24N2O4S/c1-22-11-5-8-15(13-22)26-20(25)18(14-6-3-2-4-7-14)21-12-16-9-10-17(27-16)19(23)24/h2-4,6-7,9-10,15,18,21H,5,8,11-13H2,1H3,(H,23,24)/t15-,18?/m1/s1. The zero-order valence-corrected chi connectivity index (χ0v) is 16.1. The highest BCUT2D eigenvalue weighted by molar-refractivity contribution is 7.13. The minimum atomic E-state index is -0.938. The highest BCUT2D eigenvalue weighted by Crippen LogP contribution is 2.21. The van der Waals surface area contributed by atoms with Gasteiger partial charge in [-0.05, 0) is 44.1 Å². The first kappa shape index (κ1) is 19.5. The van der Waals surface area contributed by atoms with Crippen molar-refractivity contribution >= 4 is 23.3 Å². The molecule has 0 radical (unpaired) electrons. The minimum Gasteiger partial charge on any atom is -0.477 e. The topological polar surface area (TPSA) is 78.9 Å². The van der Waals surface area contributed by atoms with Crippen LogP contribution >= 0.6 is 11.3 Å². The van der Waals surface area contributed by atoms with Gasteiger partial charge in [-0.25, -0.2) is 9.59 Å². The first-order valence-electron chi connectivity index (χ1n) is 9.02. The molecule has 0 spiro atoms. The second-order valence-corrected chi connectivity index (χ2v) is 7.93. The summed E-state index contributed by atoms with van der Waals surface area (Å²) < 4.78 is 5.78. The van der Waals surface area contributed by atoms with E-state index in [4.69, 9.17) is 9.84 Å². The van der Waals surface area contributed by atoms with Gasteiger partial charge in [-0.1, -0.05) is 30.3 Å². The summed E-state index contributed by atoms with van der Waals surface area (Å²) in [6, 6.07) is 12.2. The monoisotopic (exact) mass is 388 g/mol. The van der Waals surface area contributed by atoms with E-state index in [0.29, 0.717) is 6.54 Å². The molecule has 3 rings (SSSR count). The van der Waals surface area contributed by atoms with Gasteiger partial charge in [0.05, 0.1) is 0 Å². The number of nitrogens with one attached hydrogen (secondary N) is 1. The summed E-state index contributed by atoms with van der Waals surface area (Å²) >= 11 is 1.21. The molecule has 0 amide bonds. The molecule has 1 saturated heterocycles. The Balaban J connectivity index is 1.68. The fourth-order valence-corrected chi connectivity index (χ4v) is 4.02. The summed E-state index contributed by atoms with van der Waals surface area (Å²) in [6.45, 7) is 2.18. The van der Waals surface area contributed by atoms with E-state index in [1.807, 2.05) is 37.4 Å². The van der Waals surface area contributed by atoms with Gasteiger partial charge in [-0.15, -0.1) is 11.3 Å². The zero-order chi connectivity index (χ0) is 19.2. The molecule has 1 aliphatic rings. The predicted molar refractivity (Wildman–Crippen MR) is 104 cm³/mol. The molecule has 0 bridgehead atoms. The van der Waals surface area contributed by atoms with Gasteiger partial charge >= 0.3 is 11.9 Å². The van der Waals surface area contributed by atoms with Crippen molar-refractivity contribution in [1.82, 2.24) is 10.2 Å². The lowest BCUT2D eigenvalue weighted by Gasteiger charge is -2.30. The average molecular weight is 388 g/mol. The lowest BCUT2D eigenvalue weighted by Crippen LogP contribution is -2.40. The Bertz CT molecular complexity index is 777. The second kappa shape index (κ2) is 9.12. The molecular formula is C20H24N2O4S. The number of hydrogen-bond acceptors (Lipinski definition) is 6. The second-order valence-electron chi connectivity index (χ2n) is 6.76. The summed E-state index contributed by atoms with van der Waals surface area (Å²) in [5, 5.41) is 12.3. The maximum Gasteiger partial charge on any atom is 0.345 e. The molecule has 0 saturated carbocycles. The molecule has 0 aliphatic carbocycles. The molecule has 1 fully saturated rings. The van der Waals surface area contributed by atoms with Crippen LogP contribution in [0, 0.1) is 0 Å². The summed E-state index contributed by atoms with van der Waals surface area (Å²) in [5.41, 5.74) is 0.835. The van der Waals surface area contributed by atoms with E-state index in [0.717, 1.165) is 36.4 Å². The van der Waals surface area contributed by atoms with Crippen molar-refractivity contribution in [3.8, 4) is 0 Å². The zero-order valence-electron chi connectivity index (χ0n) is 15.3. The number of carboxylic acid groups (broad SMARTS) is 1. The van der Waals surface area contributed by atoms with Gasteiger partial charge in [0.1, 0.15) is 17.0 Å². The molecule has 7 heteroatoms. The first-order valence-corrected chi connectivity index (χ1v) is 9.84. The molecule has 1 unspecified atom stereocenters. The van der Waals surface area contributed by atoms with Crippen LogP contribution in [0.1, 0.15) is 39.0 Å². The van der Waals surface area contributed by atoms with Crippen LogP contribution in [0.5, 0.6) is 0 Å². The van der Waals surface area contributed by atoms with E-state index in [1.54, 1.807) is 12.1 Å². The summed E-state index contributed by atoms with van der Waals surface area (Å²) in [5.74, 6) is -1.23. The van der Waals surface area contributed by atoms with E-state index in [1.165, 1.54) is 11.3 Å². The van der Waals surface area contributed by atoms with E-state index < -0.39 is 12.0 Å². The highest BCUT2D eigenvalue weighted by Gasteiger charge is 2.27. The third kappa shape index (κ3) is 5.38. The van der Waals surface area contributed by atoms with Gasteiger partial charge < -0.3 is 14.7 Å². The largest absolute Gasteiger partial charge is 0.477 e. The number of esters is 1. The lowest BCUT2D eigenvalue weighted by atomic mass is 10.1. The molecule has 2 atom stereocenters. The number of likely N-dealkylation sites (tertiary alicyclic amines) is 1. The molecule has 1 aromatic heterocycles. The molecule has 2 heterocycles. The smallest absolute Gasteiger partial charge is 0.345 e. The third-order valence-electron chi connectivity index (χ3n) is 4.59. The Morgan fingerprint density at radius 3 is 2.74 bits per heavy atom. The number of ether oxygens (including phenoxy) is 1. The third-order valence-corrected chi connectivity index (χ3v) is 5.66. The highest BCUT2D eigenvalue weighted by atomic mass is 32.1. The van der Waals surface area contributed by atoms with Gasteiger partial charge in [0.2, 0.25) is 0 Å². The maximum absolute atomic E-state index is 12.9. The van der Waals surface area contributed by atoms with Crippen molar-refractivity contribution in [2.24, 2.45) is 0 Å². The average Bonchev–Trinajstić information content (AvgIpc) is 3.12. The van der Waals surface area contributed by atoms with Crippen molar-refractivity contribution in [2.75, 3.05) is 20.1 Å². The Labute approximate surface area is 162 Å². The van der Waals surface area contributed by atoms with Crippen molar-refractivity contribution in [3.05, 3.63) is 57.8 Å². The molecular weight excluding hydrogens is 364 g/mol. The summed E-state index contributed by atoms with van der Waals surface area (Å²) in [6.07, 6.45) is 1.81. The van der Waals surface area contributed by atoms with E-state index >= 15 is 0 Å². The molecule has 2 N–H and O–H groups in total. The Hall–Kier alpha value is -2.22. The van der Waals surface area contributed by atoms with Gasteiger partial charge in [-0.2, -0.15) is 0 Å². The van der Waals surface area contributed by atoms with Crippen molar-refractivity contribution in [1.29, 1.82) is 0 Å². The number of hydrogen-bond donors (Lipinski definition) is 2. The number of thiophene rings is 1. The van der Waals surface area contributed by atoms with Crippen LogP contribution in [0.2, 0.25) is 0 Å². The number of benzene rings is 1. The molecule has 2 aromatic rings. The number of carboxylic acids is 1. The first-order chi connectivity index (χ1) is 13.0. The van der Waals surface area contributed by atoms with Crippen LogP contribution < -0.4 is 5.32 Å². The Morgan fingerprint density at radius 2 is 2.07 bits per heavy atom. The van der Waals surface area contributed by atoms with Crippen molar-refractivity contribution in [3.63, 3.8) is 0 Å². The van der Waals surface area contributed by atoms with Crippen LogP contribution in [0.4, 0.5) is 0 Å². The number of likely N-dealkylation sites (N-methyl/N-ethyl adjacent to an activating group) is 1. The van der Waals surface area contributed by atoms with Crippen LogP contribution in [-0.4, -0.2) is 48.2 Å². The molecule has 27 heavy (non-hydrogen) atoms. The minimum absolute atomic E-state index is 0.0930. The van der Waals surface area contributed by atoms with Gasteiger partial charge in [0.25, 0.3) is 0 Å². The van der Waals surface area contributed by atoms with Gasteiger partial charge in [0, 0.05) is 18.0 Å². The number of aromatic carboxylic acids is 1. The number of carbonyl (C=O) groups excluding carboxylic acids is 1. The van der Waals surface area contributed by atoms with Crippen LogP contribution in [-0.2, 0) is 16.1 Å². The van der Waals surface area contributed by atoms with Crippen LogP contribution in [0.25, 0.3) is 0 Å². The normalized spacial score (nSPS) is 18.8. The van der Waals surface area contributed by atoms with Crippen molar-refractivity contribution < 1.29 is 19.4 Å². The Kier molecular flexibility index (Phi) is 6.60. The number of rotatable bonds is 7. The molecule has 1 aromatic carbocycles.